The number of halogens is 1. The second-order valence-corrected chi connectivity index (χ2v) is 6.29. The maximum atomic E-state index is 13.9. The van der Waals surface area contributed by atoms with Gasteiger partial charge in [-0.25, -0.2) is 9.37 Å². The molecule has 0 aliphatic rings. The fourth-order valence-corrected chi connectivity index (χ4v) is 3.21. The van der Waals surface area contributed by atoms with Gasteiger partial charge in [-0.1, -0.05) is 44.2 Å². The maximum Gasteiger partial charge on any atom is 0.306 e. The third-order valence-electron chi connectivity index (χ3n) is 4.54. The molecule has 2 atom stereocenters. The van der Waals surface area contributed by atoms with Crippen LogP contribution in [0, 0.1) is 11.7 Å². The number of fused-ring (bicyclic) bond motifs is 1. The molecule has 0 aliphatic heterocycles. The first-order chi connectivity index (χ1) is 12.0. The van der Waals surface area contributed by atoms with E-state index in [4.69, 9.17) is 0 Å². The predicted molar refractivity (Wildman–Crippen MR) is 95.1 cm³/mol. The summed E-state index contributed by atoms with van der Waals surface area (Å²) in [4.78, 5) is 16.0. The molecule has 130 valence electrons. The van der Waals surface area contributed by atoms with E-state index in [1.165, 1.54) is 12.1 Å². The highest BCUT2D eigenvalue weighted by Gasteiger charge is 2.25. The largest absolute Gasteiger partial charge is 0.481 e. The zero-order chi connectivity index (χ0) is 18.0. The lowest BCUT2D eigenvalue weighted by molar-refractivity contribution is -0.141. The van der Waals surface area contributed by atoms with Crippen LogP contribution in [0.1, 0.15) is 37.7 Å². The number of benzene rings is 2. The molecule has 0 amide bonds. The van der Waals surface area contributed by atoms with E-state index in [9.17, 15) is 14.3 Å². The van der Waals surface area contributed by atoms with Crippen molar-refractivity contribution in [2.75, 3.05) is 0 Å². The summed E-state index contributed by atoms with van der Waals surface area (Å²) in [6.07, 6.45) is 1.09. The first kappa shape index (κ1) is 17.1. The lowest BCUT2D eigenvalue weighted by Gasteiger charge is -2.24. The quantitative estimate of drug-likeness (QED) is 0.722. The standard InChI is InChI=1S/C20H21FN2O2/c1-3-19-22-16-10-9-15(21)12-18(16)23(19)17(11-13(2)20(24)25)14-7-5-4-6-8-14/h4-10,12-13,17H,3,11H2,1-2H3,(H,24,25). The number of aliphatic carboxylic acids is 1. The van der Waals surface area contributed by atoms with E-state index in [0.29, 0.717) is 18.4 Å². The van der Waals surface area contributed by atoms with E-state index >= 15 is 0 Å². The Morgan fingerprint density at radius 3 is 2.60 bits per heavy atom. The summed E-state index contributed by atoms with van der Waals surface area (Å²) >= 11 is 0. The molecule has 2 unspecified atom stereocenters. The van der Waals surface area contributed by atoms with Gasteiger partial charge in [0.05, 0.1) is 23.0 Å². The Kier molecular flexibility index (Phi) is 4.83. The van der Waals surface area contributed by atoms with Crippen molar-refractivity contribution < 1.29 is 14.3 Å². The zero-order valence-corrected chi connectivity index (χ0v) is 14.3. The number of carboxylic acids is 1. The lowest BCUT2D eigenvalue weighted by Crippen LogP contribution is -2.20. The number of aromatic nitrogens is 2. The van der Waals surface area contributed by atoms with E-state index in [1.54, 1.807) is 13.0 Å². The van der Waals surface area contributed by atoms with E-state index in [0.717, 1.165) is 16.9 Å². The molecule has 0 bridgehead atoms. The Labute approximate surface area is 145 Å². The summed E-state index contributed by atoms with van der Waals surface area (Å²) in [7, 11) is 0. The molecular weight excluding hydrogens is 319 g/mol. The minimum absolute atomic E-state index is 0.214. The lowest BCUT2D eigenvalue weighted by atomic mass is 9.95. The van der Waals surface area contributed by atoms with Crippen molar-refractivity contribution in [2.45, 2.75) is 32.7 Å². The molecule has 0 saturated carbocycles. The van der Waals surface area contributed by atoms with E-state index < -0.39 is 11.9 Å². The summed E-state index contributed by atoms with van der Waals surface area (Å²) in [6, 6.07) is 14.1. The molecule has 4 nitrogen and oxygen atoms in total. The number of imidazole rings is 1. The van der Waals surface area contributed by atoms with Crippen LogP contribution in [0.4, 0.5) is 4.39 Å². The van der Waals surface area contributed by atoms with Crippen LogP contribution in [0.15, 0.2) is 48.5 Å². The normalized spacial score (nSPS) is 13.7. The van der Waals surface area contributed by atoms with Gasteiger partial charge >= 0.3 is 5.97 Å². The number of rotatable bonds is 6. The summed E-state index contributed by atoms with van der Waals surface area (Å²) in [5, 5.41) is 9.37. The maximum absolute atomic E-state index is 13.9. The molecule has 0 radical (unpaired) electrons. The fraction of sp³-hybridized carbons (Fsp3) is 0.300. The molecular formula is C20H21FN2O2. The summed E-state index contributed by atoms with van der Waals surface area (Å²) in [5.41, 5.74) is 2.42. The molecule has 0 saturated heterocycles. The number of carboxylic acid groups (broad SMARTS) is 1. The summed E-state index contributed by atoms with van der Waals surface area (Å²) in [6.45, 7) is 3.69. The molecule has 3 aromatic rings. The highest BCUT2D eigenvalue weighted by Crippen LogP contribution is 2.32. The number of aryl methyl sites for hydroxylation is 1. The Morgan fingerprint density at radius 2 is 1.96 bits per heavy atom. The first-order valence-corrected chi connectivity index (χ1v) is 8.45. The Balaban J connectivity index is 2.20. The van der Waals surface area contributed by atoms with Gasteiger partial charge in [0, 0.05) is 6.42 Å². The molecule has 0 spiro atoms. The Bertz CT molecular complexity index is 889. The minimum atomic E-state index is -0.838. The highest BCUT2D eigenvalue weighted by atomic mass is 19.1. The molecule has 3 rings (SSSR count). The van der Waals surface area contributed by atoms with Gasteiger partial charge < -0.3 is 9.67 Å². The van der Waals surface area contributed by atoms with Crippen LogP contribution in [0.3, 0.4) is 0 Å². The van der Waals surface area contributed by atoms with Crippen molar-refractivity contribution in [2.24, 2.45) is 5.92 Å². The van der Waals surface area contributed by atoms with Crippen LogP contribution in [0.2, 0.25) is 0 Å². The van der Waals surface area contributed by atoms with Gasteiger partial charge in [-0.05, 0) is 30.2 Å². The third-order valence-corrected chi connectivity index (χ3v) is 4.54. The molecule has 2 aromatic carbocycles. The van der Waals surface area contributed by atoms with E-state index in [-0.39, 0.29) is 11.9 Å². The SMILES string of the molecule is CCc1nc2ccc(F)cc2n1C(CC(C)C(=O)O)c1ccccc1. The van der Waals surface area contributed by atoms with Crippen molar-refractivity contribution >= 4 is 17.0 Å². The van der Waals surface area contributed by atoms with Crippen LogP contribution in [0.5, 0.6) is 0 Å². The van der Waals surface area contributed by atoms with Crippen LogP contribution in [-0.4, -0.2) is 20.6 Å². The van der Waals surface area contributed by atoms with Crippen LogP contribution in [0.25, 0.3) is 11.0 Å². The Hall–Kier alpha value is -2.69. The third kappa shape index (κ3) is 3.40. The molecule has 1 heterocycles. The van der Waals surface area contributed by atoms with Gasteiger partial charge in [0.1, 0.15) is 11.6 Å². The smallest absolute Gasteiger partial charge is 0.306 e. The van der Waals surface area contributed by atoms with Gasteiger partial charge in [0.15, 0.2) is 0 Å². The summed E-state index contributed by atoms with van der Waals surface area (Å²) < 4.78 is 15.8. The van der Waals surface area contributed by atoms with Gasteiger partial charge in [0.2, 0.25) is 0 Å². The fourth-order valence-electron chi connectivity index (χ4n) is 3.21. The number of hydrogen-bond acceptors (Lipinski definition) is 2. The second kappa shape index (κ2) is 7.05. The zero-order valence-electron chi connectivity index (χ0n) is 14.3. The van der Waals surface area contributed by atoms with Gasteiger partial charge in [-0.2, -0.15) is 0 Å². The number of nitrogens with zero attached hydrogens (tertiary/aromatic N) is 2. The average Bonchev–Trinajstić information content (AvgIpc) is 2.97. The van der Waals surface area contributed by atoms with Crippen molar-refractivity contribution in [3.8, 4) is 0 Å². The van der Waals surface area contributed by atoms with Crippen LogP contribution >= 0.6 is 0 Å². The first-order valence-electron chi connectivity index (χ1n) is 8.45. The average molecular weight is 340 g/mol. The monoisotopic (exact) mass is 340 g/mol. The van der Waals surface area contributed by atoms with E-state index in [1.807, 2.05) is 41.8 Å². The summed E-state index contributed by atoms with van der Waals surface area (Å²) in [5.74, 6) is -0.864. The molecule has 1 aromatic heterocycles. The molecule has 1 N–H and O–H groups in total. The van der Waals surface area contributed by atoms with E-state index in [2.05, 4.69) is 4.98 Å². The topological polar surface area (TPSA) is 55.1 Å². The van der Waals surface area contributed by atoms with Crippen LogP contribution < -0.4 is 0 Å². The van der Waals surface area contributed by atoms with Crippen molar-refractivity contribution in [3.05, 3.63) is 65.7 Å². The molecule has 5 heteroatoms. The van der Waals surface area contributed by atoms with Gasteiger partial charge in [-0.3, -0.25) is 4.79 Å². The minimum Gasteiger partial charge on any atom is -0.481 e. The van der Waals surface area contributed by atoms with Gasteiger partial charge in [-0.15, -0.1) is 0 Å². The van der Waals surface area contributed by atoms with Crippen molar-refractivity contribution in [3.63, 3.8) is 0 Å². The Morgan fingerprint density at radius 1 is 1.24 bits per heavy atom. The number of carbonyl (C=O) groups is 1. The van der Waals surface area contributed by atoms with Crippen LogP contribution in [-0.2, 0) is 11.2 Å². The highest BCUT2D eigenvalue weighted by molar-refractivity contribution is 5.76. The molecule has 25 heavy (non-hydrogen) atoms. The van der Waals surface area contributed by atoms with Crippen molar-refractivity contribution in [1.29, 1.82) is 0 Å². The molecule has 0 fully saturated rings. The predicted octanol–water partition coefficient (Wildman–Crippen LogP) is 4.44. The van der Waals surface area contributed by atoms with Gasteiger partial charge in [0.25, 0.3) is 0 Å². The van der Waals surface area contributed by atoms with Crippen molar-refractivity contribution in [1.82, 2.24) is 9.55 Å². The number of hydrogen-bond donors (Lipinski definition) is 1. The second-order valence-electron chi connectivity index (χ2n) is 6.29. The molecule has 0 aliphatic carbocycles.